The van der Waals surface area contributed by atoms with Crippen LogP contribution in [0, 0.1) is 12.3 Å². The fraction of sp³-hybridized carbons (Fsp3) is 0.571. The van der Waals surface area contributed by atoms with Gasteiger partial charge in [0.2, 0.25) is 0 Å². The number of hydrogen-bond donors (Lipinski definition) is 3. The molecule has 114 valence electrons. The highest BCUT2D eigenvalue weighted by molar-refractivity contribution is 5.78. The Morgan fingerprint density at radius 2 is 1.95 bits per heavy atom. The first-order chi connectivity index (χ1) is 10.0. The second-order valence-corrected chi connectivity index (χ2v) is 5.48. The standard InChI is InChI=1S/C14H20N4O3/c1-10-6-16-11(7-15-10)8-17-13(21)18-9-14(12(19)20)4-2-3-5-14/h6-7H,2-5,8-9H2,1H3,(H,19,20)(H2,17,18,21). The zero-order valence-corrected chi connectivity index (χ0v) is 12.1. The molecule has 1 aliphatic rings. The first-order valence-corrected chi connectivity index (χ1v) is 7.04. The fourth-order valence-electron chi connectivity index (χ4n) is 2.51. The first kappa shape index (κ1) is 15.2. The van der Waals surface area contributed by atoms with E-state index in [9.17, 15) is 14.7 Å². The summed E-state index contributed by atoms with van der Waals surface area (Å²) in [6, 6.07) is -0.384. The van der Waals surface area contributed by atoms with Crippen molar-refractivity contribution >= 4 is 12.0 Å². The summed E-state index contributed by atoms with van der Waals surface area (Å²) in [5.74, 6) is -0.829. The highest BCUT2D eigenvalue weighted by Gasteiger charge is 2.41. The molecule has 3 N–H and O–H groups in total. The third-order valence-corrected chi connectivity index (χ3v) is 3.87. The number of rotatable bonds is 5. The fourth-order valence-corrected chi connectivity index (χ4v) is 2.51. The largest absolute Gasteiger partial charge is 0.481 e. The van der Waals surface area contributed by atoms with Gasteiger partial charge in [0.15, 0.2) is 0 Å². The molecule has 0 atom stereocenters. The van der Waals surface area contributed by atoms with Crippen molar-refractivity contribution < 1.29 is 14.7 Å². The third-order valence-electron chi connectivity index (χ3n) is 3.87. The summed E-state index contributed by atoms with van der Waals surface area (Å²) >= 11 is 0. The van der Waals surface area contributed by atoms with Crippen LogP contribution in [0.5, 0.6) is 0 Å². The summed E-state index contributed by atoms with van der Waals surface area (Å²) in [4.78, 5) is 31.3. The van der Waals surface area contributed by atoms with Crippen molar-refractivity contribution in [3.63, 3.8) is 0 Å². The Balaban J connectivity index is 1.79. The van der Waals surface area contributed by atoms with E-state index >= 15 is 0 Å². The molecule has 2 amide bonds. The molecule has 0 aliphatic heterocycles. The van der Waals surface area contributed by atoms with Crippen molar-refractivity contribution in [1.82, 2.24) is 20.6 Å². The van der Waals surface area contributed by atoms with E-state index in [-0.39, 0.29) is 19.1 Å². The third kappa shape index (κ3) is 3.90. The zero-order chi connectivity index (χ0) is 15.3. The maximum absolute atomic E-state index is 11.7. The highest BCUT2D eigenvalue weighted by Crippen LogP contribution is 2.37. The van der Waals surface area contributed by atoms with Crippen molar-refractivity contribution in [3.8, 4) is 0 Å². The van der Waals surface area contributed by atoms with Gasteiger partial charge in [-0.2, -0.15) is 0 Å². The Morgan fingerprint density at radius 3 is 2.52 bits per heavy atom. The predicted octanol–water partition coefficient (Wildman–Crippen LogP) is 1.23. The van der Waals surface area contributed by atoms with Crippen LogP contribution < -0.4 is 10.6 Å². The number of carbonyl (C=O) groups excluding carboxylic acids is 1. The second kappa shape index (κ2) is 6.51. The molecule has 0 aromatic carbocycles. The van der Waals surface area contributed by atoms with Crippen LogP contribution in [0.25, 0.3) is 0 Å². The number of nitrogens with one attached hydrogen (secondary N) is 2. The minimum Gasteiger partial charge on any atom is -0.481 e. The molecular formula is C14H20N4O3. The van der Waals surface area contributed by atoms with E-state index < -0.39 is 11.4 Å². The van der Waals surface area contributed by atoms with Gasteiger partial charge in [0, 0.05) is 12.7 Å². The van der Waals surface area contributed by atoms with Gasteiger partial charge in [0.1, 0.15) is 0 Å². The first-order valence-electron chi connectivity index (χ1n) is 7.04. The molecule has 0 bridgehead atoms. The summed E-state index contributed by atoms with van der Waals surface area (Å²) in [6.07, 6.45) is 6.26. The van der Waals surface area contributed by atoms with Crippen LogP contribution in [0.4, 0.5) is 4.79 Å². The van der Waals surface area contributed by atoms with E-state index in [0.717, 1.165) is 18.5 Å². The van der Waals surface area contributed by atoms with E-state index in [1.807, 2.05) is 6.92 Å². The molecule has 21 heavy (non-hydrogen) atoms. The average molecular weight is 292 g/mol. The Labute approximate surface area is 123 Å². The lowest BCUT2D eigenvalue weighted by Crippen LogP contribution is -2.44. The summed E-state index contributed by atoms with van der Waals surface area (Å²) in [5.41, 5.74) is 0.665. The number of carboxylic acids is 1. The Kier molecular flexibility index (Phi) is 4.72. The van der Waals surface area contributed by atoms with E-state index in [4.69, 9.17) is 0 Å². The Bertz CT molecular complexity index is 509. The van der Waals surface area contributed by atoms with Crippen LogP contribution in [0.15, 0.2) is 12.4 Å². The maximum Gasteiger partial charge on any atom is 0.315 e. The van der Waals surface area contributed by atoms with E-state index in [1.165, 1.54) is 0 Å². The molecule has 1 aromatic heterocycles. The topological polar surface area (TPSA) is 104 Å². The normalized spacial score (nSPS) is 16.4. The van der Waals surface area contributed by atoms with Gasteiger partial charge >= 0.3 is 12.0 Å². The number of aryl methyl sites for hydroxylation is 1. The Morgan fingerprint density at radius 1 is 1.24 bits per heavy atom. The van der Waals surface area contributed by atoms with Crippen molar-refractivity contribution in [1.29, 1.82) is 0 Å². The number of aromatic nitrogens is 2. The molecule has 7 heteroatoms. The molecule has 1 fully saturated rings. The SMILES string of the molecule is Cc1cnc(CNC(=O)NCC2(C(=O)O)CCCC2)cn1. The van der Waals surface area contributed by atoms with Gasteiger partial charge in [-0.15, -0.1) is 0 Å². The number of urea groups is 1. The van der Waals surface area contributed by atoms with Gasteiger partial charge in [-0.05, 0) is 19.8 Å². The second-order valence-electron chi connectivity index (χ2n) is 5.48. The van der Waals surface area contributed by atoms with Gasteiger partial charge < -0.3 is 15.7 Å². The average Bonchev–Trinajstić information content (AvgIpc) is 2.95. The maximum atomic E-state index is 11.7. The van der Waals surface area contributed by atoms with Gasteiger partial charge in [-0.1, -0.05) is 12.8 Å². The Hall–Kier alpha value is -2.18. The zero-order valence-electron chi connectivity index (χ0n) is 12.1. The monoisotopic (exact) mass is 292 g/mol. The number of carboxylic acid groups (broad SMARTS) is 1. The number of carbonyl (C=O) groups is 2. The molecule has 7 nitrogen and oxygen atoms in total. The molecule has 0 saturated heterocycles. The number of aliphatic carboxylic acids is 1. The van der Waals surface area contributed by atoms with E-state index in [1.54, 1.807) is 12.4 Å². The molecule has 0 radical (unpaired) electrons. The van der Waals surface area contributed by atoms with Crippen molar-refractivity contribution in [3.05, 3.63) is 23.8 Å². The summed E-state index contributed by atoms with van der Waals surface area (Å²) in [6.45, 7) is 2.26. The molecule has 1 heterocycles. The van der Waals surface area contributed by atoms with Gasteiger partial charge in [0.25, 0.3) is 0 Å². The van der Waals surface area contributed by atoms with Crippen LogP contribution in [0.3, 0.4) is 0 Å². The predicted molar refractivity (Wildman–Crippen MR) is 75.5 cm³/mol. The molecule has 2 rings (SSSR count). The number of nitrogens with zero attached hydrogens (tertiary/aromatic N) is 2. The van der Waals surface area contributed by atoms with Crippen LogP contribution in [-0.2, 0) is 11.3 Å². The molecule has 1 aliphatic carbocycles. The summed E-state index contributed by atoms with van der Waals surface area (Å²) in [5, 5.41) is 14.6. The van der Waals surface area contributed by atoms with Gasteiger partial charge in [-0.3, -0.25) is 14.8 Å². The number of amides is 2. The van der Waals surface area contributed by atoms with Crippen LogP contribution in [0.1, 0.15) is 37.1 Å². The molecule has 0 unspecified atom stereocenters. The lowest BCUT2D eigenvalue weighted by molar-refractivity contribution is -0.148. The van der Waals surface area contributed by atoms with Gasteiger partial charge in [0.05, 0.1) is 29.5 Å². The molecular weight excluding hydrogens is 272 g/mol. The van der Waals surface area contributed by atoms with Crippen LogP contribution >= 0.6 is 0 Å². The van der Waals surface area contributed by atoms with E-state index in [2.05, 4.69) is 20.6 Å². The van der Waals surface area contributed by atoms with Crippen molar-refractivity contribution in [2.24, 2.45) is 5.41 Å². The lowest BCUT2D eigenvalue weighted by Gasteiger charge is -2.23. The summed E-state index contributed by atoms with van der Waals surface area (Å²) in [7, 11) is 0. The van der Waals surface area contributed by atoms with Crippen molar-refractivity contribution in [2.45, 2.75) is 39.2 Å². The minimum atomic E-state index is -0.829. The molecule has 1 saturated carbocycles. The van der Waals surface area contributed by atoms with Crippen molar-refractivity contribution in [2.75, 3.05) is 6.54 Å². The van der Waals surface area contributed by atoms with E-state index in [0.29, 0.717) is 18.5 Å². The summed E-state index contributed by atoms with van der Waals surface area (Å²) < 4.78 is 0. The molecule has 1 aromatic rings. The smallest absolute Gasteiger partial charge is 0.315 e. The van der Waals surface area contributed by atoms with Crippen LogP contribution in [0.2, 0.25) is 0 Å². The number of hydrogen-bond acceptors (Lipinski definition) is 4. The molecule has 0 spiro atoms. The quantitative estimate of drug-likeness (QED) is 0.757. The van der Waals surface area contributed by atoms with Gasteiger partial charge in [-0.25, -0.2) is 4.79 Å². The lowest BCUT2D eigenvalue weighted by atomic mass is 9.86. The minimum absolute atomic E-state index is 0.160. The van der Waals surface area contributed by atoms with Crippen LogP contribution in [-0.4, -0.2) is 33.6 Å². The highest BCUT2D eigenvalue weighted by atomic mass is 16.4.